The van der Waals surface area contributed by atoms with Gasteiger partial charge in [0.15, 0.2) is 0 Å². The van der Waals surface area contributed by atoms with Gasteiger partial charge in [-0.25, -0.2) is 4.79 Å². The van der Waals surface area contributed by atoms with Crippen molar-refractivity contribution in [1.82, 2.24) is 0 Å². The maximum atomic E-state index is 10.7. The molecule has 1 N–H and O–H groups in total. The zero-order valence-corrected chi connectivity index (χ0v) is 17.6. The smallest absolute Gasteiger partial charge is 0.328 e. The summed E-state index contributed by atoms with van der Waals surface area (Å²) in [7, 11) is 0. The molecule has 0 saturated heterocycles. The third-order valence-electron chi connectivity index (χ3n) is 4.48. The Labute approximate surface area is 167 Å². The van der Waals surface area contributed by atoms with Gasteiger partial charge in [-0.3, -0.25) is 0 Å². The number of hydrogen-bond acceptors (Lipinski definition) is 3. The highest BCUT2D eigenvalue weighted by atomic mass is 16.5. The Morgan fingerprint density at radius 2 is 1.96 bits per heavy atom. The van der Waals surface area contributed by atoms with Gasteiger partial charge in [0.25, 0.3) is 0 Å². The van der Waals surface area contributed by atoms with Gasteiger partial charge in [-0.2, -0.15) is 0 Å². The van der Waals surface area contributed by atoms with Crippen molar-refractivity contribution in [2.45, 2.75) is 53.6 Å². The number of carboxylic acid groups (broad SMARTS) is 1. The number of carbonyl (C=O) groups is 1. The molecule has 2 rings (SSSR count). The lowest BCUT2D eigenvalue weighted by molar-refractivity contribution is -0.131. The molecule has 1 heterocycles. The summed E-state index contributed by atoms with van der Waals surface area (Å²) in [6, 6.07) is 4.11. The summed E-state index contributed by atoms with van der Waals surface area (Å²) in [4.78, 5) is 10.7. The molecule has 0 fully saturated rings. The van der Waals surface area contributed by atoms with Crippen LogP contribution in [0.15, 0.2) is 48.1 Å². The van der Waals surface area contributed by atoms with Crippen LogP contribution in [0, 0.1) is 0 Å². The molecule has 0 atom stereocenters. The molecule has 0 unspecified atom stereocenters. The largest absolute Gasteiger partial charge is 0.493 e. The first-order valence-corrected chi connectivity index (χ1v) is 9.65. The lowest BCUT2D eigenvalue weighted by atomic mass is 9.90. The Hall–Kier alpha value is -2.75. The van der Waals surface area contributed by atoms with Gasteiger partial charge in [-0.05, 0) is 69.9 Å². The fourth-order valence-corrected chi connectivity index (χ4v) is 3.26. The Bertz CT molecular complexity index is 867. The molecule has 28 heavy (non-hydrogen) atoms. The minimum atomic E-state index is -0.946. The molecule has 0 saturated carbocycles. The summed E-state index contributed by atoms with van der Waals surface area (Å²) in [5, 5.41) is 8.80. The molecule has 1 aromatic rings. The van der Waals surface area contributed by atoms with E-state index in [4.69, 9.17) is 14.6 Å². The summed E-state index contributed by atoms with van der Waals surface area (Å²) in [6.07, 6.45) is 9.89. The second kappa shape index (κ2) is 8.96. The van der Waals surface area contributed by atoms with E-state index in [0.29, 0.717) is 12.2 Å². The van der Waals surface area contributed by atoms with Crippen LogP contribution in [0.2, 0.25) is 0 Å². The summed E-state index contributed by atoms with van der Waals surface area (Å²) in [5.41, 5.74) is 4.74. The summed E-state index contributed by atoms with van der Waals surface area (Å²) in [6.45, 7) is 12.6. The SMILES string of the molecule is CCOc1cc2c(cc1\C(C)=C/C=C/C(C)=C/C(=O)O)C(CC)=CC(C)(C)O2. The first kappa shape index (κ1) is 21.5. The van der Waals surface area contributed by atoms with E-state index in [2.05, 4.69) is 32.9 Å². The monoisotopic (exact) mass is 382 g/mol. The summed E-state index contributed by atoms with van der Waals surface area (Å²) < 4.78 is 12.1. The van der Waals surface area contributed by atoms with Crippen molar-refractivity contribution < 1.29 is 19.4 Å². The van der Waals surface area contributed by atoms with Crippen LogP contribution in [0.25, 0.3) is 11.1 Å². The van der Waals surface area contributed by atoms with E-state index in [0.717, 1.165) is 34.6 Å². The highest BCUT2D eigenvalue weighted by molar-refractivity contribution is 5.82. The maximum Gasteiger partial charge on any atom is 0.328 e. The molecule has 0 bridgehead atoms. The molecule has 1 aliphatic rings. The van der Waals surface area contributed by atoms with Crippen molar-refractivity contribution in [2.24, 2.45) is 0 Å². The molecule has 0 amide bonds. The Balaban J connectivity index is 2.47. The van der Waals surface area contributed by atoms with Gasteiger partial charge < -0.3 is 14.6 Å². The van der Waals surface area contributed by atoms with E-state index in [9.17, 15) is 4.79 Å². The van der Waals surface area contributed by atoms with Crippen molar-refractivity contribution in [1.29, 1.82) is 0 Å². The van der Waals surface area contributed by atoms with Crippen LogP contribution >= 0.6 is 0 Å². The van der Waals surface area contributed by atoms with E-state index in [1.807, 2.05) is 32.1 Å². The van der Waals surface area contributed by atoms with Crippen molar-refractivity contribution in [3.05, 3.63) is 59.2 Å². The third kappa shape index (κ3) is 5.38. The second-order valence-corrected chi connectivity index (χ2v) is 7.44. The molecule has 4 nitrogen and oxygen atoms in total. The highest BCUT2D eigenvalue weighted by Crippen LogP contribution is 2.42. The molecule has 150 valence electrons. The van der Waals surface area contributed by atoms with E-state index < -0.39 is 5.97 Å². The third-order valence-corrected chi connectivity index (χ3v) is 4.48. The van der Waals surface area contributed by atoms with E-state index >= 15 is 0 Å². The van der Waals surface area contributed by atoms with Gasteiger partial charge in [-0.15, -0.1) is 0 Å². The second-order valence-electron chi connectivity index (χ2n) is 7.44. The molecule has 4 heteroatoms. The maximum absolute atomic E-state index is 10.7. The quantitative estimate of drug-likeness (QED) is 0.461. The number of benzene rings is 1. The topological polar surface area (TPSA) is 55.8 Å². The fourth-order valence-electron chi connectivity index (χ4n) is 3.26. The Morgan fingerprint density at radius 3 is 2.57 bits per heavy atom. The van der Waals surface area contributed by atoms with Crippen LogP contribution in [0.1, 0.15) is 59.1 Å². The first-order chi connectivity index (χ1) is 13.2. The number of fused-ring (bicyclic) bond motifs is 1. The van der Waals surface area contributed by atoms with Crippen LogP contribution in [-0.4, -0.2) is 23.3 Å². The van der Waals surface area contributed by atoms with Crippen LogP contribution in [0.5, 0.6) is 11.5 Å². The Morgan fingerprint density at radius 1 is 1.25 bits per heavy atom. The minimum absolute atomic E-state index is 0.342. The van der Waals surface area contributed by atoms with Crippen molar-refractivity contribution >= 4 is 17.1 Å². The van der Waals surface area contributed by atoms with Crippen LogP contribution in [-0.2, 0) is 4.79 Å². The molecule has 0 radical (unpaired) electrons. The number of ether oxygens (including phenoxy) is 2. The van der Waals surface area contributed by atoms with Crippen LogP contribution in [0.3, 0.4) is 0 Å². The zero-order chi connectivity index (χ0) is 20.9. The number of hydrogen-bond donors (Lipinski definition) is 1. The Kier molecular flexibility index (Phi) is 6.90. The number of carboxylic acids is 1. The van der Waals surface area contributed by atoms with Gasteiger partial charge in [0, 0.05) is 23.3 Å². The molecule has 0 aromatic heterocycles. The van der Waals surface area contributed by atoms with E-state index in [1.54, 1.807) is 13.0 Å². The molecule has 1 aliphatic heterocycles. The summed E-state index contributed by atoms with van der Waals surface area (Å²) in [5.74, 6) is 0.687. The zero-order valence-electron chi connectivity index (χ0n) is 17.6. The summed E-state index contributed by atoms with van der Waals surface area (Å²) >= 11 is 0. The standard InChI is InChI=1S/C24H30O4/c1-7-18-15-24(5,6)28-22-14-21(27-8-2)19(13-20(18)22)17(4)11-9-10-16(3)12-23(25)26/h9-15H,7-8H2,1-6H3,(H,25,26)/b10-9+,16-12+,17-11-. The lowest BCUT2D eigenvalue weighted by Gasteiger charge is -2.32. The number of rotatable bonds is 7. The predicted octanol–water partition coefficient (Wildman–Crippen LogP) is 6.04. The highest BCUT2D eigenvalue weighted by Gasteiger charge is 2.27. The molecule has 0 spiro atoms. The van der Waals surface area contributed by atoms with Gasteiger partial charge >= 0.3 is 5.97 Å². The normalized spacial score (nSPS) is 16.4. The van der Waals surface area contributed by atoms with Crippen LogP contribution < -0.4 is 9.47 Å². The minimum Gasteiger partial charge on any atom is -0.493 e. The van der Waals surface area contributed by atoms with Gasteiger partial charge in [-0.1, -0.05) is 25.2 Å². The molecule has 0 aliphatic carbocycles. The van der Waals surface area contributed by atoms with Gasteiger partial charge in [0.05, 0.1) is 6.61 Å². The van der Waals surface area contributed by atoms with Crippen LogP contribution in [0.4, 0.5) is 0 Å². The number of allylic oxidation sites excluding steroid dienone is 6. The molecular formula is C24H30O4. The average Bonchev–Trinajstić information content (AvgIpc) is 2.59. The van der Waals surface area contributed by atoms with Gasteiger partial charge in [0.1, 0.15) is 17.1 Å². The van der Waals surface area contributed by atoms with Crippen molar-refractivity contribution in [3.63, 3.8) is 0 Å². The molecule has 1 aromatic carbocycles. The first-order valence-electron chi connectivity index (χ1n) is 9.65. The predicted molar refractivity (Wildman–Crippen MR) is 115 cm³/mol. The van der Waals surface area contributed by atoms with Crippen molar-refractivity contribution in [2.75, 3.05) is 6.61 Å². The van der Waals surface area contributed by atoms with E-state index in [-0.39, 0.29) is 5.60 Å². The number of aliphatic carboxylic acids is 1. The average molecular weight is 383 g/mol. The van der Waals surface area contributed by atoms with Gasteiger partial charge in [0.2, 0.25) is 0 Å². The fraction of sp³-hybridized carbons (Fsp3) is 0.375. The van der Waals surface area contributed by atoms with Crippen molar-refractivity contribution in [3.8, 4) is 11.5 Å². The lowest BCUT2D eigenvalue weighted by Crippen LogP contribution is -2.29. The molecular weight excluding hydrogens is 352 g/mol. The van der Waals surface area contributed by atoms with E-state index in [1.165, 1.54) is 11.6 Å².